The van der Waals surface area contributed by atoms with Crippen LogP contribution in [0.15, 0.2) is 41.8 Å². The van der Waals surface area contributed by atoms with Crippen molar-refractivity contribution < 1.29 is 9.59 Å². The van der Waals surface area contributed by atoms with Crippen molar-refractivity contribution in [3.05, 3.63) is 46.7 Å². The predicted octanol–water partition coefficient (Wildman–Crippen LogP) is 3.86. The predicted molar refractivity (Wildman–Crippen MR) is 105 cm³/mol. The lowest BCUT2D eigenvalue weighted by atomic mass is 9.89. The molecule has 2 aromatic rings. The highest BCUT2D eigenvalue weighted by molar-refractivity contribution is 7.12. The van der Waals surface area contributed by atoms with Crippen LogP contribution < -0.4 is 16.0 Å². The van der Waals surface area contributed by atoms with E-state index in [1.165, 1.54) is 24.2 Å². The van der Waals surface area contributed by atoms with E-state index >= 15 is 0 Å². The van der Waals surface area contributed by atoms with Gasteiger partial charge in [-0.1, -0.05) is 12.1 Å². The summed E-state index contributed by atoms with van der Waals surface area (Å²) in [7, 11) is 0. The lowest BCUT2D eigenvalue weighted by Gasteiger charge is -2.28. The fraction of sp³-hybridized carbons (Fsp3) is 0.400. The first-order chi connectivity index (χ1) is 12.7. The van der Waals surface area contributed by atoms with Crippen LogP contribution in [0.2, 0.25) is 0 Å². The van der Waals surface area contributed by atoms with Crippen molar-refractivity contribution in [3.8, 4) is 0 Å². The molecule has 2 unspecified atom stereocenters. The number of nitrogens with one attached hydrogen (secondary N) is 3. The summed E-state index contributed by atoms with van der Waals surface area (Å²) in [6.45, 7) is 0. The molecule has 0 saturated carbocycles. The van der Waals surface area contributed by atoms with Gasteiger partial charge < -0.3 is 16.0 Å². The minimum Gasteiger partial charge on any atom is -0.326 e. The Morgan fingerprint density at radius 3 is 2.46 bits per heavy atom. The second kappa shape index (κ2) is 7.60. The minimum atomic E-state index is -0.131. The van der Waals surface area contributed by atoms with E-state index in [0.717, 1.165) is 18.5 Å². The Labute approximate surface area is 157 Å². The number of fused-ring (bicyclic) bond motifs is 2. The second-order valence-corrected chi connectivity index (χ2v) is 8.19. The number of rotatable bonds is 5. The fourth-order valence-electron chi connectivity index (χ4n) is 4.09. The molecule has 4 rings (SSSR count). The third-order valence-corrected chi connectivity index (χ3v) is 6.06. The van der Waals surface area contributed by atoms with Crippen LogP contribution in [0, 0.1) is 5.92 Å². The summed E-state index contributed by atoms with van der Waals surface area (Å²) >= 11 is 1.40. The Morgan fingerprint density at radius 1 is 1.04 bits per heavy atom. The monoisotopic (exact) mass is 369 g/mol. The van der Waals surface area contributed by atoms with E-state index in [0.29, 0.717) is 35.0 Å². The molecular formula is C20H23N3O2S. The first-order valence-electron chi connectivity index (χ1n) is 9.16. The van der Waals surface area contributed by atoms with E-state index in [4.69, 9.17) is 0 Å². The van der Waals surface area contributed by atoms with E-state index in [-0.39, 0.29) is 11.8 Å². The maximum absolute atomic E-state index is 12.4. The van der Waals surface area contributed by atoms with Crippen molar-refractivity contribution in [3.63, 3.8) is 0 Å². The van der Waals surface area contributed by atoms with E-state index in [2.05, 4.69) is 16.0 Å². The first-order valence-corrected chi connectivity index (χ1v) is 10.0. The van der Waals surface area contributed by atoms with E-state index < -0.39 is 0 Å². The Morgan fingerprint density at radius 2 is 1.77 bits per heavy atom. The fourth-order valence-corrected chi connectivity index (χ4v) is 4.71. The molecule has 2 aliphatic rings. The molecule has 3 heterocycles. The van der Waals surface area contributed by atoms with E-state index in [1.54, 1.807) is 12.1 Å². The Bertz CT molecular complexity index is 778. The molecule has 3 N–H and O–H groups in total. The van der Waals surface area contributed by atoms with Gasteiger partial charge in [0, 0.05) is 29.9 Å². The van der Waals surface area contributed by atoms with Gasteiger partial charge in [-0.3, -0.25) is 9.59 Å². The molecule has 0 aliphatic carbocycles. The largest absolute Gasteiger partial charge is 0.326 e. The zero-order valence-electron chi connectivity index (χ0n) is 14.5. The van der Waals surface area contributed by atoms with Crippen LogP contribution >= 0.6 is 11.3 Å². The van der Waals surface area contributed by atoms with Gasteiger partial charge in [-0.15, -0.1) is 11.3 Å². The third kappa shape index (κ3) is 4.14. The number of hydrogen-bond acceptors (Lipinski definition) is 4. The molecule has 2 amide bonds. The molecule has 2 aliphatic heterocycles. The molecule has 0 radical (unpaired) electrons. The quantitative estimate of drug-likeness (QED) is 0.749. The lowest BCUT2D eigenvalue weighted by molar-refractivity contribution is -0.117. The molecule has 5 nitrogen and oxygen atoms in total. The van der Waals surface area contributed by atoms with Gasteiger partial charge in [0.05, 0.1) is 4.88 Å². The van der Waals surface area contributed by atoms with Gasteiger partial charge in [-0.05, 0) is 61.2 Å². The zero-order chi connectivity index (χ0) is 17.9. The van der Waals surface area contributed by atoms with Gasteiger partial charge in [0.25, 0.3) is 5.91 Å². The van der Waals surface area contributed by atoms with Crippen LogP contribution in [-0.4, -0.2) is 23.9 Å². The Balaban J connectivity index is 1.33. The molecule has 136 valence electrons. The summed E-state index contributed by atoms with van der Waals surface area (Å²) < 4.78 is 0. The number of benzene rings is 1. The van der Waals surface area contributed by atoms with Gasteiger partial charge in [0.2, 0.25) is 5.91 Å². The van der Waals surface area contributed by atoms with Crippen LogP contribution in [0.3, 0.4) is 0 Å². The number of amides is 2. The van der Waals surface area contributed by atoms with Crippen molar-refractivity contribution in [1.29, 1.82) is 0 Å². The van der Waals surface area contributed by atoms with Crippen LogP contribution in [-0.2, 0) is 4.79 Å². The number of hydrogen-bond donors (Lipinski definition) is 3. The zero-order valence-corrected chi connectivity index (χ0v) is 15.4. The smallest absolute Gasteiger partial charge is 0.265 e. The number of carbonyl (C=O) groups excluding carboxylic acids is 2. The van der Waals surface area contributed by atoms with Crippen LogP contribution in [0.1, 0.15) is 41.8 Å². The molecule has 1 aromatic carbocycles. The average molecular weight is 369 g/mol. The highest BCUT2D eigenvalue weighted by atomic mass is 32.1. The maximum Gasteiger partial charge on any atom is 0.265 e. The highest BCUT2D eigenvalue weighted by Gasteiger charge is 2.34. The van der Waals surface area contributed by atoms with Crippen molar-refractivity contribution in [1.82, 2.24) is 5.32 Å². The van der Waals surface area contributed by atoms with Crippen molar-refractivity contribution in [2.24, 2.45) is 5.92 Å². The maximum atomic E-state index is 12.4. The van der Waals surface area contributed by atoms with E-state index in [1.807, 2.05) is 29.6 Å². The molecule has 1 aromatic heterocycles. The summed E-state index contributed by atoms with van der Waals surface area (Å²) in [6, 6.07) is 12.2. The van der Waals surface area contributed by atoms with Gasteiger partial charge in [-0.25, -0.2) is 0 Å². The third-order valence-electron chi connectivity index (χ3n) is 5.19. The Kier molecular flexibility index (Phi) is 5.04. The van der Waals surface area contributed by atoms with Gasteiger partial charge >= 0.3 is 0 Å². The molecule has 0 spiro atoms. The summed E-state index contributed by atoms with van der Waals surface area (Å²) in [5.41, 5.74) is 1.40. The van der Waals surface area contributed by atoms with Crippen molar-refractivity contribution >= 4 is 34.5 Å². The van der Waals surface area contributed by atoms with Crippen molar-refractivity contribution in [2.75, 3.05) is 10.6 Å². The standard InChI is InChI=1S/C20H23N3O2S/c24-19(11-13-9-16-6-7-17(10-13)21-16)22-14-3-1-4-15(12-14)23-20(25)18-5-2-8-26-18/h1-5,8,12-13,16-17,21H,6-7,9-11H2,(H,22,24)(H,23,25). The van der Waals surface area contributed by atoms with Crippen LogP contribution in [0.4, 0.5) is 11.4 Å². The first kappa shape index (κ1) is 17.2. The summed E-state index contributed by atoms with van der Waals surface area (Å²) in [6.07, 6.45) is 5.26. The molecule has 2 bridgehead atoms. The topological polar surface area (TPSA) is 70.2 Å². The van der Waals surface area contributed by atoms with Gasteiger partial charge in [0.1, 0.15) is 0 Å². The van der Waals surface area contributed by atoms with Gasteiger partial charge in [0.15, 0.2) is 0 Å². The molecule has 6 heteroatoms. The molecule has 26 heavy (non-hydrogen) atoms. The normalized spacial score (nSPS) is 24.2. The summed E-state index contributed by atoms with van der Waals surface area (Å²) in [5.74, 6) is 0.391. The number of thiophene rings is 1. The van der Waals surface area contributed by atoms with Crippen LogP contribution in [0.25, 0.3) is 0 Å². The number of anilines is 2. The molecule has 2 fully saturated rings. The molecular weight excluding hydrogens is 346 g/mol. The Hall–Kier alpha value is -2.18. The van der Waals surface area contributed by atoms with Gasteiger partial charge in [-0.2, -0.15) is 0 Å². The summed E-state index contributed by atoms with van der Waals surface area (Å²) in [5, 5.41) is 11.3. The van der Waals surface area contributed by atoms with E-state index in [9.17, 15) is 9.59 Å². The average Bonchev–Trinajstić information content (AvgIpc) is 3.25. The molecule has 2 atom stereocenters. The van der Waals surface area contributed by atoms with Crippen LogP contribution in [0.5, 0.6) is 0 Å². The number of carbonyl (C=O) groups is 2. The molecule has 2 saturated heterocycles. The minimum absolute atomic E-state index is 0.0537. The second-order valence-electron chi connectivity index (χ2n) is 7.24. The number of piperidine rings is 1. The highest BCUT2D eigenvalue weighted by Crippen LogP contribution is 2.32. The lowest BCUT2D eigenvalue weighted by Crippen LogP contribution is -2.39. The van der Waals surface area contributed by atoms with Crippen molar-refractivity contribution in [2.45, 2.75) is 44.2 Å². The summed E-state index contributed by atoms with van der Waals surface area (Å²) in [4.78, 5) is 25.2. The SMILES string of the molecule is O=C(CC1CC2CCC(C1)N2)Nc1cccc(NC(=O)c2cccs2)c1.